The van der Waals surface area contributed by atoms with Crippen LogP contribution >= 0.6 is 0 Å². The summed E-state index contributed by atoms with van der Waals surface area (Å²) in [5.74, 6) is 2.09. The average molecular weight is 391 g/mol. The lowest BCUT2D eigenvalue weighted by atomic mass is 9.97. The summed E-state index contributed by atoms with van der Waals surface area (Å²) in [5.41, 5.74) is 0. The van der Waals surface area contributed by atoms with Gasteiger partial charge in [0.25, 0.3) is 0 Å². The molecule has 8 heteroatoms. The monoisotopic (exact) mass is 391 g/mol. The molecule has 0 unspecified atom stereocenters. The minimum atomic E-state index is -3.65. The number of ether oxygens (including phenoxy) is 2. The highest BCUT2D eigenvalue weighted by atomic mass is 32.2. The van der Waals surface area contributed by atoms with Gasteiger partial charge in [-0.25, -0.2) is 18.1 Å². The quantitative estimate of drug-likeness (QED) is 0.780. The number of anilines is 1. The first kappa shape index (κ1) is 19.4. The highest BCUT2D eigenvalue weighted by molar-refractivity contribution is 7.89. The Bertz CT molecular complexity index is 851. The van der Waals surface area contributed by atoms with Crippen LogP contribution in [0.15, 0.2) is 47.5 Å². The molecule has 0 atom stereocenters. The zero-order valence-electron chi connectivity index (χ0n) is 15.6. The Labute approximate surface area is 160 Å². The van der Waals surface area contributed by atoms with Crippen molar-refractivity contribution in [3.8, 4) is 11.5 Å². The lowest BCUT2D eigenvalue weighted by Crippen LogP contribution is -2.39. The molecule has 0 aliphatic carbocycles. The number of rotatable bonds is 7. The number of pyridine rings is 1. The van der Waals surface area contributed by atoms with Crippen molar-refractivity contribution in [2.24, 2.45) is 5.92 Å². The van der Waals surface area contributed by atoms with Gasteiger partial charge in [0.1, 0.15) is 22.2 Å². The second-order valence-electron chi connectivity index (χ2n) is 6.49. The number of piperidine rings is 1. The Morgan fingerprint density at radius 1 is 1.15 bits per heavy atom. The number of hydrogen-bond acceptors (Lipinski definition) is 6. The third-order valence-electron chi connectivity index (χ3n) is 4.81. The summed E-state index contributed by atoms with van der Waals surface area (Å²) in [4.78, 5) is 6.73. The van der Waals surface area contributed by atoms with Gasteiger partial charge in [-0.1, -0.05) is 6.07 Å². The van der Waals surface area contributed by atoms with Crippen LogP contribution in [-0.4, -0.2) is 47.3 Å². The normalized spacial score (nSPS) is 15.6. The average Bonchev–Trinajstić information content (AvgIpc) is 2.72. The van der Waals surface area contributed by atoms with Gasteiger partial charge >= 0.3 is 0 Å². The third-order valence-corrected chi connectivity index (χ3v) is 6.27. The molecule has 1 aromatic carbocycles. The summed E-state index contributed by atoms with van der Waals surface area (Å²) in [6.07, 6.45) is 3.62. The maximum atomic E-state index is 12.7. The van der Waals surface area contributed by atoms with E-state index in [2.05, 4.69) is 14.6 Å². The number of sulfonamides is 1. The topological polar surface area (TPSA) is 80.8 Å². The molecule has 1 saturated heterocycles. The van der Waals surface area contributed by atoms with Gasteiger partial charge in [0.05, 0.1) is 14.2 Å². The maximum Gasteiger partial charge on any atom is 0.244 e. The zero-order chi connectivity index (χ0) is 19.3. The Kier molecular flexibility index (Phi) is 6.18. The molecule has 1 fully saturated rings. The lowest BCUT2D eigenvalue weighted by molar-refractivity contribution is 0.384. The number of aromatic nitrogens is 1. The summed E-state index contributed by atoms with van der Waals surface area (Å²) in [6.45, 7) is 2.15. The highest BCUT2D eigenvalue weighted by Crippen LogP contribution is 2.28. The van der Waals surface area contributed by atoms with Gasteiger partial charge in [-0.3, -0.25) is 0 Å². The fourth-order valence-corrected chi connectivity index (χ4v) is 4.47. The van der Waals surface area contributed by atoms with Crippen molar-refractivity contribution in [2.75, 3.05) is 38.8 Å². The smallest absolute Gasteiger partial charge is 0.244 e. The van der Waals surface area contributed by atoms with Crippen LogP contribution in [0.25, 0.3) is 0 Å². The summed E-state index contributed by atoms with van der Waals surface area (Å²) < 4.78 is 38.4. The van der Waals surface area contributed by atoms with E-state index in [-0.39, 0.29) is 10.6 Å². The number of hydrogen-bond donors (Lipinski definition) is 1. The van der Waals surface area contributed by atoms with Crippen LogP contribution < -0.4 is 19.1 Å². The van der Waals surface area contributed by atoms with Crippen LogP contribution in [-0.2, 0) is 10.0 Å². The Morgan fingerprint density at radius 3 is 2.56 bits per heavy atom. The Morgan fingerprint density at radius 2 is 1.93 bits per heavy atom. The molecule has 7 nitrogen and oxygen atoms in total. The molecule has 1 aromatic heterocycles. The predicted molar refractivity (Wildman–Crippen MR) is 104 cm³/mol. The van der Waals surface area contributed by atoms with Gasteiger partial charge in [0, 0.05) is 31.9 Å². The van der Waals surface area contributed by atoms with E-state index < -0.39 is 10.0 Å². The first-order chi connectivity index (χ1) is 13.0. The summed E-state index contributed by atoms with van der Waals surface area (Å²) in [7, 11) is -0.678. The summed E-state index contributed by atoms with van der Waals surface area (Å²) in [6, 6.07) is 10.6. The van der Waals surface area contributed by atoms with Crippen molar-refractivity contribution in [1.29, 1.82) is 0 Å². The van der Waals surface area contributed by atoms with Crippen molar-refractivity contribution in [2.45, 2.75) is 17.7 Å². The van der Waals surface area contributed by atoms with Crippen molar-refractivity contribution in [1.82, 2.24) is 9.71 Å². The SMILES string of the molecule is COc1ccc(S(=O)(=O)NCC2CCN(c3ccccn3)CC2)c(OC)c1. The van der Waals surface area contributed by atoms with Gasteiger partial charge in [0.2, 0.25) is 10.0 Å². The van der Waals surface area contributed by atoms with Crippen molar-refractivity contribution in [3.63, 3.8) is 0 Å². The standard InChI is InChI=1S/C19H25N3O4S/c1-25-16-6-7-18(17(13-16)26-2)27(23,24)21-14-15-8-11-22(12-9-15)19-5-3-4-10-20-19/h3-7,10,13,15,21H,8-9,11-12,14H2,1-2H3. The molecule has 3 rings (SSSR count). The van der Waals surface area contributed by atoms with E-state index in [1.165, 1.54) is 20.3 Å². The molecule has 0 bridgehead atoms. The molecule has 2 heterocycles. The lowest BCUT2D eigenvalue weighted by Gasteiger charge is -2.32. The van der Waals surface area contributed by atoms with E-state index in [0.29, 0.717) is 18.2 Å². The zero-order valence-corrected chi connectivity index (χ0v) is 16.4. The van der Waals surface area contributed by atoms with Crippen LogP contribution in [0.5, 0.6) is 11.5 Å². The van der Waals surface area contributed by atoms with E-state index >= 15 is 0 Å². The molecule has 0 saturated carbocycles. The molecular weight excluding hydrogens is 366 g/mol. The van der Waals surface area contributed by atoms with Gasteiger partial charge in [0.15, 0.2) is 0 Å². The molecule has 1 N–H and O–H groups in total. The molecule has 1 aliphatic heterocycles. The van der Waals surface area contributed by atoms with Gasteiger partial charge < -0.3 is 14.4 Å². The van der Waals surface area contributed by atoms with Gasteiger partial charge in [-0.2, -0.15) is 0 Å². The van der Waals surface area contributed by atoms with Crippen molar-refractivity contribution < 1.29 is 17.9 Å². The molecule has 0 spiro atoms. The first-order valence-electron chi connectivity index (χ1n) is 8.91. The van der Waals surface area contributed by atoms with Crippen molar-refractivity contribution >= 4 is 15.8 Å². The molecule has 0 amide bonds. The number of nitrogens with one attached hydrogen (secondary N) is 1. The largest absolute Gasteiger partial charge is 0.497 e. The molecular formula is C19H25N3O4S. The predicted octanol–water partition coefficient (Wildman–Crippen LogP) is 2.29. The maximum absolute atomic E-state index is 12.7. The minimum Gasteiger partial charge on any atom is -0.497 e. The molecule has 27 heavy (non-hydrogen) atoms. The van der Waals surface area contributed by atoms with Crippen LogP contribution in [0.3, 0.4) is 0 Å². The fourth-order valence-electron chi connectivity index (χ4n) is 3.21. The van der Waals surface area contributed by atoms with Crippen LogP contribution in [0, 0.1) is 5.92 Å². The highest BCUT2D eigenvalue weighted by Gasteiger charge is 2.24. The third kappa shape index (κ3) is 4.70. The van der Waals surface area contributed by atoms with E-state index in [9.17, 15) is 8.42 Å². The second-order valence-corrected chi connectivity index (χ2v) is 8.22. The molecule has 0 radical (unpaired) electrons. The molecule has 2 aromatic rings. The van der Waals surface area contributed by atoms with Gasteiger partial charge in [-0.15, -0.1) is 0 Å². The number of nitrogens with zero attached hydrogens (tertiary/aromatic N) is 2. The summed E-state index contributed by atoms with van der Waals surface area (Å²) in [5, 5.41) is 0. The molecule has 1 aliphatic rings. The van der Waals surface area contributed by atoms with E-state index in [1.54, 1.807) is 18.3 Å². The van der Waals surface area contributed by atoms with E-state index in [1.807, 2.05) is 18.2 Å². The van der Waals surface area contributed by atoms with Crippen LogP contribution in [0.4, 0.5) is 5.82 Å². The van der Waals surface area contributed by atoms with E-state index in [4.69, 9.17) is 9.47 Å². The van der Waals surface area contributed by atoms with Gasteiger partial charge in [-0.05, 0) is 43.0 Å². The Hall–Kier alpha value is -2.32. The number of benzene rings is 1. The molecule has 146 valence electrons. The summed E-state index contributed by atoms with van der Waals surface area (Å²) >= 11 is 0. The second kappa shape index (κ2) is 8.58. The fraction of sp³-hybridized carbons (Fsp3) is 0.421. The number of methoxy groups -OCH3 is 2. The Balaban J connectivity index is 1.59. The first-order valence-corrected chi connectivity index (χ1v) is 10.4. The van der Waals surface area contributed by atoms with E-state index in [0.717, 1.165) is 31.7 Å². The van der Waals surface area contributed by atoms with Crippen LogP contribution in [0.1, 0.15) is 12.8 Å². The van der Waals surface area contributed by atoms with Crippen molar-refractivity contribution in [3.05, 3.63) is 42.6 Å². The minimum absolute atomic E-state index is 0.122. The van der Waals surface area contributed by atoms with Crippen LogP contribution in [0.2, 0.25) is 0 Å².